The van der Waals surface area contributed by atoms with Gasteiger partial charge in [0.15, 0.2) is 11.6 Å². The van der Waals surface area contributed by atoms with Crippen molar-refractivity contribution in [1.29, 1.82) is 0 Å². The molecule has 0 aliphatic heterocycles. The monoisotopic (exact) mass is 255 g/mol. The van der Waals surface area contributed by atoms with E-state index in [1.165, 1.54) is 0 Å². The van der Waals surface area contributed by atoms with Gasteiger partial charge in [-0.05, 0) is 49.4 Å². The summed E-state index contributed by atoms with van der Waals surface area (Å²) >= 11 is 0. The summed E-state index contributed by atoms with van der Waals surface area (Å²) in [5.41, 5.74) is 0.478. The van der Waals surface area contributed by atoms with Gasteiger partial charge in [0.2, 0.25) is 0 Å². The van der Waals surface area contributed by atoms with E-state index in [4.69, 9.17) is 0 Å². The zero-order valence-corrected chi connectivity index (χ0v) is 11.5. The van der Waals surface area contributed by atoms with Gasteiger partial charge in [-0.3, -0.25) is 0 Å². The van der Waals surface area contributed by atoms with Crippen molar-refractivity contribution in [3.63, 3.8) is 0 Å². The number of hydrogen-bond acceptors (Lipinski definition) is 1. The molecule has 0 fully saturated rings. The van der Waals surface area contributed by atoms with Crippen LogP contribution in [-0.2, 0) is 6.42 Å². The van der Waals surface area contributed by atoms with Crippen molar-refractivity contribution in [2.24, 2.45) is 11.8 Å². The lowest BCUT2D eigenvalue weighted by Gasteiger charge is -2.14. The molecule has 0 amide bonds. The second-order valence-corrected chi connectivity index (χ2v) is 5.41. The molecule has 102 valence electrons. The predicted octanol–water partition coefficient (Wildman–Crippen LogP) is 3.78. The van der Waals surface area contributed by atoms with Gasteiger partial charge in [-0.2, -0.15) is 0 Å². The van der Waals surface area contributed by atoms with Crippen LogP contribution in [-0.4, -0.2) is 13.1 Å². The molecule has 1 rings (SSSR count). The van der Waals surface area contributed by atoms with E-state index in [1.54, 1.807) is 12.1 Å². The molecule has 0 radical (unpaired) electrons. The topological polar surface area (TPSA) is 12.0 Å². The molecule has 0 aliphatic rings. The molecule has 0 saturated carbocycles. The molecule has 18 heavy (non-hydrogen) atoms. The third-order valence-electron chi connectivity index (χ3n) is 2.98. The third kappa shape index (κ3) is 5.13. The minimum absolute atomic E-state index is 0.464. The molecule has 0 saturated heterocycles. The second kappa shape index (κ2) is 7.47. The van der Waals surface area contributed by atoms with Gasteiger partial charge in [-0.1, -0.05) is 32.9 Å². The Balaban J connectivity index is 2.33. The van der Waals surface area contributed by atoms with Crippen LogP contribution in [0.3, 0.4) is 0 Å². The lowest BCUT2D eigenvalue weighted by atomic mass is 10.0. The fourth-order valence-electron chi connectivity index (χ4n) is 1.86. The molecule has 1 unspecified atom stereocenters. The number of hydrogen-bond donors (Lipinski definition) is 1. The average molecular weight is 255 g/mol. The Kier molecular flexibility index (Phi) is 6.27. The van der Waals surface area contributed by atoms with Gasteiger partial charge < -0.3 is 5.32 Å². The highest BCUT2D eigenvalue weighted by molar-refractivity contribution is 5.18. The van der Waals surface area contributed by atoms with Gasteiger partial charge in [0, 0.05) is 0 Å². The highest BCUT2D eigenvalue weighted by atomic mass is 19.2. The first-order chi connectivity index (χ1) is 8.50. The molecular formula is C15H23F2N. The van der Waals surface area contributed by atoms with Crippen molar-refractivity contribution in [3.8, 4) is 0 Å². The molecular weight excluding hydrogens is 232 g/mol. The van der Waals surface area contributed by atoms with E-state index in [0.29, 0.717) is 23.8 Å². The number of nitrogens with one attached hydrogen (secondary N) is 1. The van der Waals surface area contributed by atoms with Crippen LogP contribution in [0.25, 0.3) is 0 Å². The quantitative estimate of drug-likeness (QED) is 0.782. The van der Waals surface area contributed by atoms with Crippen LogP contribution in [0.1, 0.15) is 32.8 Å². The Morgan fingerprint density at radius 3 is 2.50 bits per heavy atom. The number of benzene rings is 1. The summed E-state index contributed by atoms with van der Waals surface area (Å²) in [6.45, 7) is 8.39. The van der Waals surface area contributed by atoms with Crippen LogP contribution in [0.4, 0.5) is 8.78 Å². The van der Waals surface area contributed by atoms with E-state index in [1.807, 2.05) is 0 Å². The second-order valence-electron chi connectivity index (χ2n) is 5.41. The Morgan fingerprint density at radius 1 is 1.11 bits per heavy atom. The molecule has 0 heterocycles. The number of halogens is 2. The normalized spacial score (nSPS) is 13.0. The summed E-state index contributed by atoms with van der Waals surface area (Å²) < 4.78 is 26.4. The fourth-order valence-corrected chi connectivity index (χ4v) is 1.86. The average Bonchev–Trinajstić information content (AvgIpc) is 2.30. The van der Waals surface area contributed by atoms with Crippen LogP contribution in [0.5, 0.6) is 0 Å². The van der Waals surface area contributed by atoms with Gasteiger partial charge in [0.1, 0.15) is 0 Å². The lowest BCUT2D eigenvalue weighted by Crippen LogP contribution is -2.25. The van der Waals surface area contributed by atoms with Crippen LogP contribution in [0.2, 0.25) is 0 Å². The van der Waals surface area contributed by atoms with Crippen molar-refractivity contribution in [2.45, 2.75) is 33.6 Å². The zero-order valence-electron chi connectivity index (χ0n) is 11.5. The maximum atomic E-state index is 13.4. The van der Waals surface area contributed by atoms with E-state index in [-0.39, 0.29) is 0 Å². The van der Waals surface area contributed by atoms with Crippen LogP contribution >= 0.6 is 0 Å². The molecule has 0 aliphatic carbocycles. The first kappa shape index (κ1) is 15.1. The third-order valence-corrected chi connectivity index (χ3v) is 2.98. The molecule has 1 atom stereocenters. The first-order valence-corrected chi connectivity index (χ1v) is 6.64. The van der Waals surface area contributed by atoms with E-state index < -0.39 is 11.6 Å². The highest BCUT2D eigenvalue weighted by Gasteiger charge is 2.09. The minimum atomic E-state index is -0.752. The summed E-state index contributed by atoms with van der Waals surface area (Å²) in [4.78, 5) is 0. The Labute approximate surface area is 109 Å². The van der Waals surface area contributed by atoms with Crippen LogP contribution < -0.4 is 5.32 Å². The lowest BCUT2D eigenvalue weighted by molar-refractivity contribution is 0.446. The fraction of sp³-hybridized carbons (Fsp3) is 0.600. The Morgan fingerprint density at radius 2 is 1.83 bits per heavy atom. The van der Waals surface area contributed by atoms with Gasteiger partial charge in [0.05, 0.1) is 0 Å². The maximum absolute atomic E-state index is 13.4. The summed E-state index contributed by atoms with van der Waals surface area (Å²) in [6.07, 6.45) is 1.46. The van der Waals surface area contributed by atoms with Crippen molar-refractivity contribution < 1.29 is 8.78 Å². The van der Waals surface area contributed by atoms with Crippen LogP contribution in [0, 0.1) is 23.5 Å². The number of rotatable bonds is 7. The largest absolute Gasteiger partial charge is 0.316 e. The minimum Gasteiger partial charge on any atom is -0.316 e. The number of aryl methyl sites for hydroxylation is 1. The molecule has 0 aromatic heterocycles. The summed E-state index contributed by atoms with van der Waals surface area (Å²) in [7, 11) is 0. The molecule has 1 nitrogen and oxygen atoms in total. The maximum Gasteiger partial charge on any atom is 0.162 e. The Hall–Kier alpha value is -0.960. The Bertz CT molecular complexity index is 364. The van der Waals surface area contributed by atoms with E-state index in [0.717, 1.165) is 25.6 Å². The molecule has 1 aromatic rings. The zero-order chi connectivity index (χ0) is 13.5. The van der Waals surface area contributed by atoms with Gasteiger partial charge in [0.25, 0.3) is 0 Å². The van der Waals surface area contributed by atoms with Crippen molar-refractivity contribution in [1.82, 2.24) is 5.32 Å². The van der Waals surface area contributed by atoms with E-state index >= 15 is 0 Å². The van der Waals surface area contributed by atoms with E-state index in [9.17, 15) is 8.78 Å². The van der Waals surface area contributed by atoms with Gasteiger partial charge >= 0.3 is 0 Å². The smallest absolute Gasteiger partial charge is 0.162 e. The highest BCUT2D eigenvalue weighted by Crippen LogP contribution is 2.15. The molecule has 3 heteroatoms. The summed E-state index contributed by atoms with van der Waals surface area (Å²) in [5.74, 6) is -0.345. The molecule has 0 bridgehead atoms. The van der Waals surface area contributed by atoms with E-state index in [2.05, 4.69) is 26.1 Å². The standard InChI is InChI=1S/C15H23F2N/c1-11(2)9-18-10-12(3)7-8-13-5-4-6-14(16)15(13)17/h4-6,11-12,18H,7-10H2,1-3H3. The predicted molar refractivity (Wildman–Crippen MR) is 71.6 cm³/mol. The molecule has 1 aromatic carbocycles. The van der Waals surface area contributed by atoms with Gasteiger partial charge in [-0.15, -0.1) is 0 Å². The van der Waals surface area contributed by atoms with Crippen molar-refractivity contribution in [3.05, 3.63) is 35.4 Å². The first-order valence-electron chi connectivity index (χ1n) is 6.64. The SMILES string of the molecule is CC(C)CNCC(C)CCc1cccc(F)c1F. The van der Waals surface area contributed by atoms with Gasteiger partial charge in [-0.25, -0.2) is 8.78 Å². The van der Waals surface area contributed by atoms with Crippen molar-refractivity contribution >= 4 is 0 Å². The van der Waals surface area contributed by atoms with Crippen LogP contribution in [0.15, 0.2) is 18.2 Å². The van der Waals surface area contributed by atoms with Crippen molar-refractivity contribution in [2.75, 3.05) is 13.1 Å². The summed E-state index contributed by atoms with van der Waals surface area (Å²) in [5, 5.41) is 3.38. The molecule has 0 spiro atoms. The summed E-state index contributed by atoms with van der Waals surface area (Å²) in [6, 6.07) is 4.38. The molecule has 1 N–H and O–H groups in total.